The third kappa shape index (κ3) is 3.33. The molecule has 0 heterocycles. The van der Waals surface area contributed by atoms with E-state index in [0.29, 0.717) is 26.6 Å². The summed E-state index contributed by atoms with van der Waals surface area (Å²) in [5.41, 5.74) is 1.08. The highest BCUT2D eigenvalue weighted by Gasteiger charge is 2.06. The van der Waals surface area contributed by atoms with Crippen LogP contribution in [0.15, 0.2) is 36.4 Å². The van der Waals surface area contributed by atoms with E-state index in [-0.39, 0.29) is 0 Å². The van der Waals surface area contributed by atoms with Crippen molar-refractivity contribution >= 4 is 50.7 Å². The van der Waals surface area contributed by atoms with Gasteiger partial charge in [-0.25, -0.2) is 0 Å². The van der Waals surface area contributed by atoms with Crippen LogP contribution in [0.4, 0.5) is 0 Å². The van der Waals surface area contributed by atoms with E-state index < -0.39 is 0 Å². The first-order chi connectivity index (χ1) is 8.60. The van der Waals surface area contributed by atoms with Crippen molar-refractivity contribution in [3.05, 3.63) is 57.0 Å². The summed E-state index contributed by atoms with van der Waals surface area (Å²) in [7, 11) is 0. The molecule has 0 N–H and O–H groups in total. The SMILES string of the molecule is Clc1ccc(Oc2ccc(CBr)cc2Cl)cc1Cl. The van der Waals surface area contributed by atoms with Crippen LogP contribution in [-0.4, -0.2) is 0 Å². The van der Waals surface area contributed by atoms with Crippen LogP contribution in [0.3, 0.4) is 0 Å². The van der Waals surface area contributed by atoms with Crippen LogP contribution < -0.4 is 4.74 Å². The highest BCUT2D eigenvalue weighted by Crippen LogP contribution is 2.33. The predicted octanol–water partition coefficient (Wildman–Crippen LogP) is 6.33. The van der Waals surface area contributed by atoms with Crippen molar-refractivity contribution in [2.75, 3.05) is 0 Å². The van der Waals surface area contributed by atoms with E-state index >= 15 is 0 Å². The number of hydrogen-bond acceptors (Lipinski definition) is 1. The van der Waals surface area contributed by atoms with Crippen molar-refractivity contribution in [1.82, 2.24) is 0 Å². The fourth-order valence-electron chi connectivity index (χ4n) is 1.38. The summed E-state index contributed by atoms with van der Waals surface area (Å²) in [4.78, 5) is 0. The first-order valence-corrected chi connectivity index (χ1v) is 7.33. The van der Waals surface area contributed by atoms with Gasteiger partial charge in [0.25, 0.3) is 0 Å². The minimum Gasteiger partial charge on any atom is -0.456 e. The number of benzene rings is 2. The van der Waals surface area contributed by atoms with Gasteiger partial charge in [-0.1, -0.05) is 56.8 Å². The average molecular weight is 366 g/mol. The second kappa shape index (κ2) is 6.16. The van der Waals surface area contributed by atoms with E-state index in [1.165, 1.54) is 0 Å². The molecule has 0 unspecified atom stereocenters. The zero-order valence-corrected chi connectivity index (χ0v) is 12.9. The Labute approximate surface area is 129 Å². The molecule has 0 fully saturated rings. The minimum atomic E-state index is 0.447. The van der Waals surface area contributed by atoms with Gasteiger partial charge in [-0.2, -0.15) is 0 Å². The third-order valence-electron chi connectivity index (χ3n) is 2.27. The number of ether oxygens (including phenoxy) is 1. The second-order valence-corrected chi connectivity index (χ2v) is 5.36. The molecule has 0 spiro atoms. The topological polar surface area (TPSA) is 9.23 Å². The van der Waals surface area contributed by atoms with Gasteiger partial charge in [0, 0.05) is 11.4 Å². The molecule has 2 rings (SSSR count). The number of rotatable bonds is 3. The van der Waals surface area contributed by atoms with Crippen LogP contribution in [0.2, 0.25) is 15.1 Å². The van der Waals surface area contributed by atoms with Gasteiger partial charge < -0.3 is 4.74 Å². The molecule has 0 aliphatic heterocycles. The Morgan fingerprint density at radius 1 is 0.889 bits per heavy atom. The number of hydrogen-bond donors (Lipinski definition) is 0. The largest absolute Gasteiger partial charge is 0.456 e. The van der Waals surface area contributed by atoms with E-state index in [2.05, 4.69) is 15.9 Å². The maximum atomic E-state index is 6.12. The monoisotopic (exact) mass is 364 g/mol. The van der Waals surface area contributed by atoms with Gasteiger partial charge in [-0.05, 0) is 29.8 Å². The maximum absolute atomic E-state index is 6.12. The Hall–Kier alpha value is -0.410. The van der Waals surface area contributed by atoms with Crippen molar-refractivity contribution in [3.8, 4) is 11.5 Å². The van der Waals surface area contributed by atoms with E-state index in [0.717, 1.165) is 10.9 Å². The lowest BCUT2D eigenvalue weighted by atomic mass is 10.2. The molecule has 0 aliphatic carbocycles. The van der Waals surface area contributed by atoms with Gasteiger partial charge in [0.1, 0.15) is 11.5 Å². The fraction of sp³-hybridized carbons (Fsp3) is 0.0769. The van der Waals surface area contributed by atoms with Crippen molar-refractivity contribution in [1.29, 1.82) is 0 Å². The molecule has 0 aromatic heterocycles. The van der Waals surface area contributed by atoms with E-state index in [1.54, 1.807) is 18.2 Å². The van der Waals surface area contributed by atoms with Crippen LogP contribution in [0.5, 0.6) is 11.5 Å². The third-order valence-corrected chi connectivity index (χ3v) is 3.95. The molecule has 1 nitrogen and oxygen atoms in total. The van der Waals surface area contributed by atoms with Crippen LogP contribution in [0.25, 0.3) is 0 Å². The molecule has 0 radical (unpaired) electrons. The van der Waals surface area contributed by atoms with Gasteiger partial charge in [0.15, 0.2) is 0 Å². The summed E-state index contributed by atoms with van der Waals surface area (Å²) >= 11 is 21.2. The zero-order valence-electron chi connectivity index (χ0n) is 9.09. The Kier molecular flexibility index (Phi) is 4.79. The normalized spacial score (nSPS) is 10.4. The number of halogens is 4. The molecule has 94 valence electrons. The predicted molar refractivity (Wildman–Crippen MR) is 80.6 cm³/mol. The molecule has 18 heavy (non-hydrogen) atoms. The Balaban J connectivity index is 2.25. The van der Waals surface area contributed by atoms with Gasteiger partial charge in [-0.15, -0.1) is 0 Å². The molecule has 5 heteroatoms. The van der Waals surface area contributed by atoms with Crippen molar-refractivity contribution in [3.63, 3.8) is 0 Å². The average Bonchev–Trinajstić information content (AvgIpc) is 2.36. The molecular formula is C13H8BrCl3O. The smallest absolute Gasteiger partial charge is 0.146 e. The minimum absolute atomic E-state index is 0.447. The van der Waals surface area contributed by atoms with Crippen molar-refractivity contribution in [2.45, 2.75) is 5.33 Å². The Morgan fingerprint density at radius 2 is 1.67 bits per heavy atom. The van der Waals surface area contributed by atoms with Crippen LogP contribution >= 0.6 is 50.7 Å². The molecule has 0 atom stereocenters. The summed E-state index contributed by atoms with van der Waals surface area (Å²) in [5, 5.41) is 2.24. The van der Waals surface area contributed by atoms with Gasteiger partial charge >= 0.3 is 0 Å². The van der Waals surface area contributed by atoms with Crippen molar-refractivity contribution < 1.29 is 4.74 Å². The van der Waals surface area contributed by atoms with E-state index in [4.69, 9.17) is 39.5 Å². The lowest BCUT2D eigenvalue weighted by Crippen LogP contribution is -1.87. The second-order valence-electron chi connectivity index (χ2n) is 3.58. The summed E-state index contributed by atoms with van der Waals surface area (Å²) in [6.07, 6.45) is 0. The van der Waals surface area contributed by atoms with Gasteiger partial charge in [0.05, 0.1) is 15.1 Å². The molecule has 2 aromatic rings. The summed E-state index contributed by atoms with van der Waals surface area (Å²) in [6.45, 7) is 0. The molecule has 2 aromatic carbocycles. The summed E-state index contributed by atoms with van der Waals surface area (Å²) < 4.78 is 5.65. The Bertz CT molecular complexity index is 572. The molecule has 0 saturated heterocycles. The van der Waals surface area contributed by atoms with Gasteiger partial charge in [-0.3, -0.25) is 0 Å². The molecule has 0 amide bonds. The van der Waals surface area contributed by atoms with Gasteiger partial charge in [0.2, 0.25) is 0 Å². The lowest BCUT2D eigenvalue weighted by molar-refractivity contribution is 0.483. The molecule has 0 bridgehead atoms. The van der Waals surface area contributed by atoms with E-state index in [1.807, 2.05) is 18.2 Å². The maximum Gasteiger partial charge on any atom is 0.146 e. The number of alkyl halides is 1. The quantitative estimate of drug-likeness (QED) is 0.576. The summed E-state index contributed by atoms with van der Waals surface area (Å²) in [5.74, 6) is 1.18. The highest BCUT2D eigenvalue weighted by molar-refractivity contribution is 9.08. The van der Waals surface area contributed by atoms with Crippen LogP contribution in [0.1, 0.15) is 5.56 Å². The standard InChI is InChI=1S/C13H8BrCl3O/c14-7-8-1-4-13(12(17)5-8)18-9-2-3-10(15)11(16)6-9/h1-6H,7H2. The molecule has 0 aliphatic rings. The lowest BCUT2D eigenvalue weighted by Gasteiger charge is -2.09. The Morgan fingerprint density at radius 3 is 2.28 bits per heavy atom. The fourth-order valence-corrected chi connectivity index (χ4v) is 2.26. The summed E-state index contributed by atoms with van der Waals surface area (Å²) in [6, 6.07) is 10.7. The first-order valence-electron chi connectivity index (χ1n) is 5.07. The highest BCUT2D eigenvalue weighted by atomic mass is 79.9. The molecular weight excluding hydrogens is 358 g/mol. The zero-order chi connectivity index (χ0) is 13.1. The van der Waals surface area contributed by atoms with Crippen LogP contribution in [0, 0.1) is 0 Å². The first kappa shape index (κ1) is 14.0. The van der Waals surface area contributed by atoms with Crippen LogP contribution in [-0.2, 0) is 5.33 Å². The van der Waals surface area contributed by atoms with Crippen molar-refractivity contribution in [2.24, 2.45) is 0 Å². The van der Waals surface area contributed by atoms with E-state index in [9.17, 15) is 0 Å². The molecule has 0 saturated carbocycles.